The largest absolute Gasteiger partial charge is 0.441 e. The van der Waals surface area contributed by atoms with Crippen molar-refractivity contribution in [1.29, 1.82) is 0 Å². The Bertz CT molecular complexity index is 891. The molecule has 5 nitrogen and oxygen atoms in total. The highest BCUT2D eigenvalue weighted by Crippen LogP contribution is 2.19. The van der Waals surface area contributed by atoms with Crippen LogP contribution in [0.15, 0.2) is 46.9 Å². The summed E-state index contributed by atoms with van der Waals surface area (Å²) in [6.45, 7) is 2.65. The number of hydrogen-bond donors (Lipinski definition) is 0. The van der Waals surface area contributed by atoms with E-state index in [2.05, 4.69) is 4.98 Å². The number of ether oxygens (including phenoxy) is 1. The summed E-state index contributed by atoms with van der Waals surface area (Å²) in [5, 5.41) is 0. The number of aromatic nitrogens is 1. The summed E-state index contributed by atoms with van der Waals surface area (Å²) < 4.78 is 24.5. The van der Waals surface area contributed by atoms with Gasteiger partial charge in [-0.3, -0.25) is 4.79 Å². The SMILES string of the molecule is COCCN(Cc1ccccc1F)C(=O)c1ccc2nc(C)oc2c1. The molecule has 0 saturated heterocycles. The number of benzene rings is 2. The number of amides is 1. The lowest BCUT2D eigenvalue weighted by molar-refractivity contribution is 0.0678. The third-order valence-corrected chi connectivity index (χ3v) is 3.91. The van der Waals surface area contributed by atoms with E-state index in [4.69, 9.17) is 9.15 Å². The minimum Gasteiger partial charge on any atom is -0.441 e. The fourth-order valence-corrected chi connectivity index (χ4v) is 2.64. The predicted octanol–water partition coefficient (Wildman–Crippen LogP) is 3.56. The van der Waals surface area contributed by atoms with Crippen molar-refractivity contribution in [3.8, 4) is 0 Å². The van der Waals surface area contributed by atoms with E-state index in [-0.39, 0.29) is 18.3 Å². The average Bonchev–Trinajstić information content (AvgIpc) is 2.98. The maximum atomic E-state index is 14.0. The molecule has 0 aliphatic carbocycles. The zero-order chi connectivity index (χ0) is 17.8. The first kappa shape index (κ1) is 17.1. The Morgan fingerprint density at radius 2 is 2.08 bits per heavy atom. The van der Waals surface area contributed by atoms with Gasteiger partial charge < -0.3 is 14.1 Å². The number of hydrogen-bond acceptors (Lipinski definition) is 4. The number of rotatable bonds is 6. The van der Waals surface area contributed by atoms with Gasteiger partial charge in [-0.2, -0.15) is 0 Å². The van der Waals surface area contributed by atoms with Crippen LogP contribution >= 0.6 is 0 Å². The smallest absolute Gasteiger partial charge is 0.254 e. The third-order valence-electron chi connectivity index (χ3n) is 3.91. The van der Waals surface area contributed by atoms with Crippen LogP contribution in [0.3, 0.4) is 0 Å². The molecule has 1 heterocycles. The highest BCUT2D eigenvalue weighted by molar-refractivity contribution is 5.97. The minimum atomic E-state index is -0.334. The molecule has 0 aliphatic heterocycles. The Hall–Kier alpha value is -2.73. The number of aryl methyl sites for hydroxylation is 1. The number of nitrogens with zero attached hydrogens (tertiary/aromatic N) is 2. The first-order chi connectivity index (χ1) is 12.1. The number of carbonyl (C=O) groups excluding carboxylic acids is 1. The monoisotopic (exact) mass is 342 g/mol. The molecule has 25 heavy (non-hydrogen) atoms. The highest BCUT2D eigenvalue weighted by Gasteiger charge is 2.18. The average molecular weight is 342 g/mol. The maximum Gasteiger partial charge on any atom is 0.254 e. The van der Waals surface area contributed by atoms with Crippen molar-refractivity contribution in [3.05, 3.63) is 65.3 Å². The van der Waals surface area contributed by atoms with E-state index in [1.165, 1.54) is 6.07 Å². The molecule has 6 heteroatoms. The van der Waals surface area contributed by atoms with Gasteiger partial charge in [-0.15, -0.1) is 0 Å². The topological polar surface area (TPSA) is 55.6 Å². The van der Waals surface area contributed by atoms with E-state index in [1.807, 2.05) is 0 Å². The van der Waals surface area contributed by atoms with Gasteiger partial charge in [-0.25, -0.2) is 9.37 Å². The fraction of sp³-hybridized carbons (Fsp3) is 0.263. The van der Waals surface area contributed by atoms with Crippen molar-refractivity contribution in [2.24, 2.45) is 0 Å². The van der Waals surface area contributed by atoms with Gasteiger partial charge in [0.2, 0.25) is 0 Å². The Kier molecular flexibility index (Phi) is 5.09. The molecule has 130 valence electrons. The molecule has 0 spiro atoms. The van der Waals surface area contributed by atoms with Crippen molar-refractivity contribution in [3.63, 3.8) is 0 Å². The van der Waals surface area contributed by atoms with Crippen molar-refractivity contribution < 1.29 is 18.3 Å². The molecule has 0 bridgehead atoms. The lowest BCUT2D eigenvalue weighted by Gasteiger charge is -2.23. The molecule has 0 radical (unpaired) electrons. The van der Waals surface area contributed by atoms with Crippen molar-refractivity contribution >= 4 is 17.0 Å². The van der Waals surface area contributed by atoms with Gasteiger partial charge in [0, 0.05) is 38.2 Å². The number of carbonyl (C=O) groups is 1. The van der Waals surface area contributed by atoms with E-state index in [0.29, 0.717) is 41.3 Å². The second-order valence-corrected chi connectivity index (χ2v) is 5.73. The van der Waals surface area contributed by atoms with Gasteiger partial charge in [0.1, 0.15) is 11.3 Å². The van der Waals surface area contributed by atoms with Crippen LogP contribution in [0.4, 0.5) is 4.39 Å². The predicted molar refractivity (Wildman–Crippen MR) is 91.8 cm³/mol. The molecule has 1 aromatic heterocycles. The normalized spacial score (nSPS) is 11.0. The van der Waals surface area contributed by atoms with Gasteiger partial charge in [-0.05, 0) is 24.3 Å². The molecular formula is C19H19FN2O3. The van der Waals surface area contributed by atoms with Crippen molar-refractivity contribution in [2.45, 2.75) is 13.5 Å². The van der Waals surface area contributed by atoms with Crippen LogP contribution in [0.1, 0.15) is 21.8 Å². The molecule has 0 atom stereocenters. The van der Waals surface area contributed by atoms with E-state index < -0.39 is 0 Å². The third kappa shape index (κ3) is 3.85. The quantitative estimate of drug-likeness (QED) is 0.687. The van der Waals surface area contributed by atoms with Gasteiger partial charge in [0.25, 0.3) is 5.91 Å². The minimum absolute atomic E-state index is 0.169. The van der Waals surface area contributed by atoms with Crippen molar-refractivity contribution in [2.75, 3.05) is 20.3 Å². The summed E-state index contributed by atoms with van der Waals surface area (Å²) in [6.07, 6.45) is 0. The van der Waals surface area contributed by atoms with Gasteiger partial charge in [-0.1, -0.05) is 18.2 Å². The molecule has 2 aromatic carbocycles. The van der Waals surface area contributed by atoms with Crippen LogP contribution in [0, 0.1) is 12.7 Å². The van der Waals surface area contributed by atoms with Crippen LogP contribution in [0.25, 0.3) is 11.1 Å². The number of halogens is 1. The lowest BCUT2D eigenvalue weighted by atomic mass is 10.1. The van der Waals surface area contributed by atoms with Crippen LogP contribution < -0.4 is 0 Å². The summed E-state index contributed by atoms with van der Waals surface area (Å²) in [4.78, 5) is 18.7. The molecular weight excluding hydrogens is 323 g/mol. The number of oxazole rings is 1. The van der Waals surface area contributed by atoms with Crippen LogP contribution in [0.2, 0.25) is 0 Å². The molecule has 0 unspecified atom stereocenters. The highest BCUT2D eigenvalue weighted by atomic mass is 19.1. The summed E-state index contributed by atoms with van der Waals surface area (Å²) >= 11 is 0. The Labute approximate surface area is 145 Å². The van der Waals surface area contributed by atoms with Gasteiger partial charge in [0.15, 0.2) is 11.5 Å². The molecule has 0 fully saturated rings. The molecule has 0 N–H and O–H groups in total. The molecule has 0 saturated carbocycles. The Morgan fingerprint density at radius 3 is 2.84 bits per heavy atom. The summed E-state index contributed by atoms with van der Waals surface area (Å²) in [5.74, 6) is -0.00233. The lowest BCUT2D eigenvalue weighted by Crippen LogP contribution is -2.33. The van der Waals surface area contributed by atoms with E-state index in [1.54, 1.807) is 55.3 Å². The van der Waals surface area contributed by atoms with Crippen LogP contribution in [0.5, 0.6) is 0 Å². The zero-order valence-electron chi connectivity index (χ0n) is 14.2. The molecule has 3 aromatic rings. The fourth-order valence-electron chi connectivity index (χ4n) is 2.64. The Morgan fingerprint density at radius 1 is 1.28 bits per heavy atom. The van der Waals surface area contributed by atoms with Crippen molar-refractivity contribution in [1.82, 2.24) is 9.88 Å². The van der Waals surface area contributed by atoms with Gasteiger partial charge >= 0.3 is 0 Å². The first-order valence-corrected chi connectivity index (χ1v) is 7.97. The standard InChI is InChI=1S/C19H19FN2O3/c1-13-21-17-8-7-14(11-18(17)25-13)19(23)22(9-10-24-2)12-15-5-3-4-6-16(15)20/h3-8,11H,9-10,12H2,1-2H3. The van der Waals surface area contributed by atoms with Gasteiger partial charge in [0.05, 0.1) is 6.61 Å². The van der Waals surface area contributed by atoms with E-state index in [0.717, 1.165) is 0 Å². The Balaban J connectivity index is 1.88. The summed E-state index contributed by atoms with van der Waals surface area (Å²) in [5.41, 5.74) is 2.19. The summed E-state index contributed by atoms with van der Waals surface area (Å²) in [6, 6.07) is 11.5. The number of fused-ring (bicyclic) bond motifs is 1. The maximum absolute atomic E-state index is 14.0. The van der Waals surface area contributed by atoms with Crippen LogP contribution in [-0.2, 0) is 11.3 Å². The number of methoxy groups -OCH3 is 1. The molecule has 1 amide bonds. The molecule has 0 aliphatic rings. The molecule has 3 rings (SSSR count). The first-order valence-electron chi connectivity index (χ1n) is 7.97. The van der Waals surface area contributed by atoms with E-state index >= 15 is 0 Å². The van der Waals surface area contributed by atoms with E-state index in [9.17, 15) is 9.18 Å². The second kappa shape index (κ2) is 7.44. The summed E-state index contributed by atoms with van der Waals surface area (Å²) in [7, 11) is 1.56. The second-order valence-electron chi connectivity index (χ2n) is 5.73. The zero-order valence-corrected chi connectivity index (χ0v) is 14.2. The van der Waals surface area contributed by atoms with Crippen LogP contribution in [-0.4, -0.2) is 36.1 Å².